The summed E-state index contributed by atoms with van der Waals surface area (Å²) in [5.74, 6) is 0.485. The molecule has 2 amide bonds. The van der Waals surface area contributed by atoms with Crippen molar-refractivity contribution in [3.8, 4) is 5.75 Å². The van der Waals surface area contributed by atoms with Gasteiger partial charge in [-0.1, -0.05) is 32.0 Å². The van der Waals surface area contributed by atoms with Crippen molar-refractivity contribution in [3.05, 3.63) is 29.8 Å². The predicted molar refractivity (Wildman–Crippen MR) is 82.3 cm³/mol. The average molecular weight is 292 g/mol. The van der Waals surface area contributed by atoms with E-state index >= 15 is 0 Å². The van der Waals surface area contributed by atoms with E-state index in [1.165, 1.54) is 0 Å². The van der Waals surface area contributed by atoms with Gasteiger partial charge in [0.25, 0.3) is 0 Å². The van der Waals surface area contributed by atoms with Crippen molar-refractivity contribution < 1.29 is 14.3 Å². The van der Waals surface area contributed by atoms with Crippen LogP contribution < -0.4 is 15.4 Å². The van der Waals surface area contributed by atoms with Gasteiger partial charge in [-0.25, -0.2) is 0 Å². The maximum Gasteiger partial charge on any atom is 0.242 e. The van der Waals surface area contributed by atoms with Crippen LogP contribution in [-0.2, 0) is 9.59 Å². The summed E-state index contributed by atoms with van der Waals surface area (Å²) in [7, 11) is 3.18. The van der Waals surface area contributed by atoms with Gasteiger partial charge in [0.2, 0.25) is 11.8 Å². The highest BCUT2D eigenvalue weighted by Gasteiger charge is 2.20. The van der Waals surface area contributed by atoms with Crippen LogP contribution in [0.4, 0.5) is 0 Å². The monoisotopic (exact) mass is 292 g/mol. The van der Waals surface area contributed by atoms with Crippen LogP contribution in [0.25, 0.3) is 0 Å². The van der Waals surface area contributed by atoms with E-state index in [-0.39, 0.29) is 17.7 Å². The topological polar surface area (TPSA) is 67.4 Å². The Bertz CT molecular complexity index is 488. The molecule has 0 fully saturated rings. The second-order valence-corrected chi connectivity index (χ2v) is 4.99. The van der Waals surface area contributed by atoms with E-state index in [9.17, 15) is 9.59 Å². The van der Waals surface area contributed by atoms with Crippen LogP contribution in [0.1, 0.15) is 38.2 Å². The normalized spacial score (nSPS) is 13.1. The lowest BCUT2D eigenvalue weighted by molar-refractivity contribution is -0.129. The van der Waals surface area contributed by atoms with E-state index in [4.69, 9.17) is 4.74 Å². The minimum Gasteiger partial charge on any atom is -0.496 e. The summed E-state index contributed by atoms with van der Waals surface area (Å²) in [5, 5.41) is 5.31. The standard InChI is InChI=1S/C16H24N2O3/c1-5-13(16(20)17-3)18-15(19)10-11(2)12-8-6-7-9-14(12)21-4/h6-9,11,13H,5,10H2,1-4H3,(H,17,20)(H,18,19)/t11-,13+/m0/s1. The average Bonchev–Trinajstić information content (AvgIpc) is 2.51. The number of carbonyl (C=O) groups is 2. The molecule has 1 aromatic rings. The van der Waals surface area contributed by atoms with Crippen LogP contribution >= 0.6 is 0 Å². The third-order valence-corrected chi connectivity index (χ3v) is 3.47. The molecule has 1 aromatic carbocycles. The lowest BCUT2D eigenvalue weighted by Gasteiger charge is -2.18. The molecule has 0 aromatic heterocycles. The highest BCUT2D eigenvalue weighted by Crippen LogP contribution is 2.28. The molecule has 0 heterocycles. The zero-order chi connectivity index (χ0) is 15.8. The highest BCUT2D eigenvalue weighted by atomic mass is 16.5. The van der Waals surface area contributed by atoms with Crippen LogP contribution in [0.3, 0.4) is 0 Å². The molecule has 5 nitrogen and oxygen atoms in total. The van der Waals surface area contributed by atoms with Gasteiger partial charge in [-0.2, -0.15) is 0 Å². The van der Waals surface area contributed by atoms with Crippen molar-refractivity contribution in [3.63, 3.8) is 0 Å². The summed E-state index contributed by atoms with van der Waals surface area (Å²) >= 11 is 0. The minimum absolute atomic E-state index is 0.0170. The summed E-state index contributed by atoms with van der Waals surface area (Å²) in [6.45, 7) is 3.84. The molecule has 0 aliphatic rings. The van der Waals surface area contributed by atoms with Gasteiger partial charge in [-0.05, 0) is 24.0 Å². The maximum atomic E-state index is 12.1. The molecule has 0 aliphatic heterocycles. The first-order chi connectivity index (χ1) is 10.0. The van der Waals surface area contributed by atoms with Gasteiger partial charge < -0.3 is 15.4 Å². The molecule has 2 N–H and O–H groups in total. The van der Waals surface area contributed by atoms with Gasteiger partial charge in [0.15, 0.2) is 0 Å². The number of hydrogen-bond acceptors (Lipinski definition) is 3. The Hall–Kier alpha value is -2.04. The zero-order valence-corrected chi connectivity index (χ0v) is 13.1. The van der Waals surface area contributed by atoms with Crippen LogP contribution in [0.15, 0.2) is 24.3 Å². The molecule has 2 atom stereocenters. The number of likely N-dealkylation sites (N-methyl/N-ethyl adjacent to an activating group) is 1. The summed E-state index contributed by atoms with van der Waals surface area (Å²) in [6, 6.07) is 7.17. The molecule has 0 radical (unpaired) electrons. The fourth-order valence-corrected chi connectivity index (χ4v) is 2.24. The Morgan fingerprint density at radius 3 is 2.52 bits per heavy atom. The number of ether oxygens (including phenoxy) is 1. The Morgan fingerprint density at radius 2 is 1.95 bits per heavy atom. The van der Waals surface area contributed by atoms with E-state index in [0.29, 0.717) is 12.8 Å². The Morgan fingerprint density at radius 1 is 1.29 bits per heavy atom. The summed E-state index contributed by atoms with van der Waals surface area (Å²) in [4.78, 5) is 23.7. The minimum atomic E-state index is -0.479. The molecule has 0 spiro atoms. The van der Waals surface area contributed by atoms with Crippen molar-refractivity contribution in [1.29, 1.82) is 0 Å². The van der Waals surface area contributed by atoms with E-state index in [1.807, 2.05) is 38.1 Å². The van der Waals surface area contributed by atoms with E-state index < -0.39 is 6.04 Å². The predicted octanol–water partition coefficient (Wildman–Crippen LogP) is 1.83. The molecule has 0 saturated carbocycles. The lowest BCUT2D eigenvalue weighted by Crippen LogP contribution is -2.45. The van der Waals surface area contributed by atoms with E-state index in [0.717, 1.165) is 11.3 Å². The van der Waals surface area contributed by atoms with E-state index in [2.05, 4.69) is 10.6 Å². The van der Waals surface area contributed by atoms with E-state index in [1.54, 1.807) is 14.2 Å². The van der Waals surface area contributed by atoms with Crippen molar-refractivity contribution in [1.82, 2.24) is 10.6 Å². The maximum absolute atomic E-state index is 12.1. The molecule has 0 saturated heterocycles. The van der Waals surface area contributed by atoms with Crippen LogP contribution in [0, 0.1) is 0 Å². The fraction of sp³-hybridized carbons (Fsp3) is 0.500. The molecule has 0 aliphatic carbocycles. The molecule has 1 rings (SSSR count). The third kappa shape index (κ3) is 4.77. The van der Waals surface area contributed by atoms with Crippen molar-refractivity contribution >= 4 is 11.8 Å². The number of carbonyl (C=O) groups excluding carboxylic acids is 2. The second kappa shape index (κ2) is 8.29. The number of benzene rings is 1. The first-order valence-corrected chi connectivity index (χ1v) is 7.17. The molecule has 0 unspecified atom stereocenters. The number of hydrogen-bond donors (Lipinski definition) is 2. The molecular formula is C16H24N2O3. The Labute approximate surface area is 126 Å². The smallest absolute Gasteiger partial charge is 0.242 e. The van der Waals surface area contributed by atoms with Crippen LogP contribution in [0.5, 0.6) is 5.75 Å². The molecule has 5 heteroatoms. The highest BCUT2D eigenvalue weighted by molar-refractivity contribution is 5.87. The molecule has 21 heavy (non-hydrogen) atoms. The number of nitrogens with one attached hydrogen (secondary N) is 2. The second-order valence-electron chi connectivity index (χ2n) is 4.99. The summed E-state index contributed by atoms with van der Waals surface area (Å²) < 4.78 is 5.31. The van der Waals surface area contributed by atoms with Gasteiger partial charge >= 0.3 is 0 Å². The fourth-order valence-electron chi connectivity index (χ4n) is 2.24. The van der Waals surface area contributed by atoms with Crippen molar-refractivity contribution in [2.24, 2.45) is 0 Å². The number of para-hydroxylation sites is 1. The Balaban J connectivity index is 2.67. The van der Waals surface area contributed by atoms with Crippen molar-refractivity contribution in [2.45, 2.75) is 38.6 Å². The molecular weight excluding hydrogens is 268 g/mol. The third-order valence-electron chi connectivity index (χ3n) is 3.47. The number of methoxy groups -OCH3 is 1. The first kappa shape index (κ1) is 17.0. The molecule has 0 bridgehead atoms. The van der Waals surface area contributed by atoms with Crippen molar-refractivity contribution in [2.75, 3.05) is 14.2 Å². The number of amides is 2. The van der Waals surface area contributed by atoms with Crippen LogP contribution in [0.2, 0.25) is 0 Å². The van der Waals surface area contributed by atoms with Gasteiger partial charge in [0.05, 0.1) is 7.11 Å². The number of rotatable bonds is 7. The Kier molecular flexibility index (Phi) is 6.72. The molecule has 116 valence electrons. The largest absolute Gasteiger partial charge is 0.496 e. The lowest BCUT2D eigenvalue weighted by atomic mass is 9.96. The first-order valence-electron chi connectivity index (χ1n) is 7.17. The summed E-state index contributed by atoms with van der Waals surface area (Å²) in [5.41, 5.74) is 0.989. The van der Waals surface area contributed by atoms with Crippen LogP contribution in [-0.4, -0.2) is 32.0 Å². The quantitative estimate of drug-likeness (QED) is 0.805. The van der Waals surface area contributed by atoms with Gasteiger partial charge in [-0.3, -0.25) is 9.59 Å². The van der Waals surface area contributed by atoms with Gasteiger partial charge in [0, 0.05) is 13.5 Å². The zero-order valence-electron chi connectivity index (χ0n) is 13.1. The SMILES string of the molecule is CC[C@@H](NC(=O)C[C@H](C)c1ccccc1OC)C(=O)NC. The summed E-state index contributed by atoms with van der Waals surface area (Å²) in [6.07, 6.45) is 0.877. The van der Waals surface area contributed by atoms with Gasteiger partial charge in [-0.15, -0.1) is 0 Å². The van der Waals surface area contributed by atoms with Gasteiger partial charge in [0.1, 0.15) is 11.8 Å².